The van der Waals surface area contributed by atoms with E-state index in [2.05, 4.69) is 85.3 Å². The molecule has 3 heterocycles. The minimum absolute atomic E-state index is 0.0756. The van der Waals surface area contributed by atoms with Gasteiger partial charge in [0.05, 0.1) is 17.5 Å². The summed E-state index contributed by atoms with van der Waals surface area (Å²) in [5.41, 5.74) is 8.71. The Kier molecular flexibility index (Phi) is 5.88. The molecule has 0 bridgehead atoms. The summed E-state index contributed by atoms with van der Waals surface area (Å²) < 4.78 is 6.15. The van der Waals surface area contributed by atoms with Gasteiger partial charge in [0.25, 0.3) is 0 Å². The van der Waals surface area contributed by atoms with Crippen LogP contribution in [0, 0.1) is 13.8 Å². The largest absolute Gasteiger partial charge is 0.489 e. The summed E-state index contributed by atoms with van der Waals surface area (Å²) in [5, 5.41) is 1.26. The fourth-order valence-corrected chi connectivity index (χ4v) is 4.05. The van der Waals surface area contributed by atoms with E-state index in [4.69, 9.17) is 9.73 Å². The van der Waals surface area contributed by atoms with Crippen LogP contribution >= 0.6 is 0 Å². The molecule has 1 aliphatic rings. The minimum atomic E-state index is 0.0756. The molecule has 2 N–H and O–H groups in total. The monoisotopic (exact) mass is 416 g/mol. The summed E-state index contributed by atoms with van der Waals surface area (Å²) in [5.74, 6) is 0.814. The second-order valence-corrected chi connectivity index (χ2v) is 8.83. The molecule has 0 unspecified atom stereocenters. The highest BCUT2D eigenvalue weighted by Crippen LogP contribution is 2.31. The van der Waals surface area contributed by atoms with Gasteiger partial charge in [0.15, 0.2) is 0 Å². The third kappa shape index (κ3) is 4.52. The van der Waals surface area contributed by atoms with Crippen molar-refractivity contribution < 1.29 is 4.74 Å². The summed E-state index contributed by atoms with van der Waals surface area (Å²) in [6.45, 7) is 9.25. The lowest BCUT2D eigenvalue weighted by Crippen LogP contribution is -2.16. The van der Waals surface area contributed by atoms with Gasteiger partial charge in [-0.15, -0.1) is 0 Å². The fourth-order valence-electron chi connectivity index (χ4n) is 4.05. The first-order valence-electron chi connectivity index (χ1n) is 10.9. The third-order valence-corrected chi connectivity index (χ3v) is 5.47. The standard InChI is InChI=1S/C26H32N4O/c1-16(2)31-25-15-24(28-23(25)14-22-17(3)13-18(4)27-22)26-20(11-12-30(5)6)19-9-7-8-10-21(19)29-26/h7-10,13-16,27,29H,11-12H2,1-6H3. The zero-order valence-electron chi connectivity index (χ0n) is 19.3. The number of likely N-dealkylation sites (N-methyl/N-ethyl adjacent to an activating group) is 1. The molecule has 31 heavy (non-hydrogen) atoms. The molecule has 0 aliphatic carbocycles. The Balaban J connectivity index is 1.81. The van der Waals surface area contributed by atoms with E-state index in [-0.39, 0.29) is 6.10 Å². The Morgan fingerprint density at radius 1 is 1.13 bits per heavy atom. The van der Waals surface area contributed by atoms with E-state index < -0.39 is 0 Å². The van der Waals surface area contributed by atoms with E-state index in [0.29, 0.717) is 0 Å². The van der Waals surface area contributed by atoms with Crippen LogP contribution in [0.3, 0.4) is 0 Å². The Labute approximate surface area is 184 Å². The average Bonchev–Trinajstić information content (AvgIpc) is 3.35. The normalized spacial score (nSPS) is 15.4. The number of allylic oxidation sites excluding steroid dienone is 1. The quantitative estimate of drug-likeness (QED) is 0.544. The van der Waals surface area contributed by atoms with Gasteiger partial charge in [0.2, 0.25) is 0 Å². The molecule has 5 nitrogen and oxygen atoms in total. The maximum Gasteiger partial charge on any atom is 0.147 e. The van der Waals surface area contributed by atoms with Gasteiger partial charge in [0, 0.05) is 34.9 Å². The SMILES string of the molecule is Cc1cc(C)c(C=C2N=C(c3[nH]c4ccccc4c3CCN(C)C)C=C2OC(C)C)[nH]1. The third-order valence-electron chi connectivity index (χ3n) is 5.47. The van der Waals surface area contributed by atoms with Gasteiger partial charge in [-0.3, -0.25) is 0 Å². The molecule has 1 aliphatic heterocycles. The number of fused-ring (bicyclic) bond motifs is 1. The van der Waals surface area contributed by atoms with Crippen LogP contribution < -0.4 is 0 Å². The fraction of sp³-hybridized carbons (Fsp3) is 0.346. The Morgan fingerprint density at radius 2 is 1.90 bits per heavy atom. The van der Waals surface area contributed by atoms with Crippen LogP contribution in [0.25, 0.3) is 17.0 Å². The Bertz CT molecular complexity index is 1190. The molecule has 4 rings (SSSR count). The van der Waals surface area contributed by atoms with Gasteiger partial charge in [-0.25, -0.2) is 4.99 Å². The van der Waals surface area contributed by atoms with Gasteiger partial charge >= 0.3 is 0 Å². The molecular formula is C26H32N4O. The number of nitrogens with zero attached hydrogens (tertiary/aromatic N) is 2. The molecule has 0 fully saturated rings. The van der Waals surface area contributed by atoms with E-state index >= 15 is 0 Å². The number of aryl methyl sites for hydroxylation is 2. The number of aromatic nitrogens is 2. The Morgan fingerprint density at radius 3 is 2.58 bits per heavy atom. The van der Waals surface area contributed by atoms with Crippen molar-refractivity contribution in [2.75, 3.05) is 20.6 Å². The molecule has 2 aromatic heterocycles. The maximum atomic E-state index is 6.15. The molecule has 0 spiro atoms. The van der Waals surface area contributed by atoms with Gasteiger partial charge in [-0.1, -0.05) is 18.2 Å². The number of rotatable bonds is 7. The maximum absolute atomic E-state index is 6.15. The van der Waals surface area contributed by atoms with Crippen LogP contribution in [-0.4, -0.2) is 47.3 Å². The molecule has 0 saturated carbocycles. The number of nitrogens with one attached hydrogen (secondary N) is 2. The lowest BCUT2D eigenvalue weighted by molar-refractivity contribution is 0.155. The van der Waals surface area contributed by atoms with Crippen molar-refractivity contribution in [3.8, 4) is 0 Å². The lowest BCUT2D eigenvalue weighted by Gasteiger charge is -2.11. The second kappa shape index (κ2) is 8.60. The van der Waals surface area contributed by atoms with Crippen molar-refractivity contribution in [2.45, 2.75) is 40.2 Å². The lowest BCUT2D eigenvalue weighted by atomic mass is 10.0. The van der Waals surface area contributed by atoms with Crippen molar-refractivity contribution in [3.05, 3.63) is 76.1 Å². The summed E-state index contributed by atoms with van der Waals surface area (Å²) >= 11 is 0. The zero-order valence-corrected chi connectivity index (χ0v) is 19.3. The summed E-state index contributed by atoms with van der Waals surface area (Å²) in [6, 6.07) is 10.6. The van der Waals surface area contributed by atoms with Crippen LogP contribution in [-0.2, 0) is 11.2 Å². The minimum Gasteiger partial charge on any atom is -0.489 e. The highest BCUT2D eigenvalue weighted by Gasteiger charge is 2.23. The number of aliphatic imine (C=N–C) groups is 1. The molecule has 5 heteroatoms. The first-order chi connectivity index (χ1) is 14.8. The Hall–Kier alpha value is -3.05. The van der Waals surface area contributed by atoms with Crippen LogP contribution in [0.2, 0.25) is 0 Å². The van der Waals surface area contributed by atoms with Crippen molar-refractivity contribution in [1.29, 1.82) is 0 Å². The van der Waals surface area contributed by atoms with Crippen molar-refractivity contribution >= 4 is 22.7 Å². The molecule has 162 valence electrons. The van der Waals surface area contributed by atoms with Crippen LogP contribution in [0.5, 0.6) is 0 Å². The number of para-hydroxylation sites is 1. The van der Waals surface area contributed by atoms with E-state index in [9.17, 15) is 0 Å². The predicted octanol–water partition coefficient (Wildman–Crippen LogP) is 5.37. The molecule has 1 aromatic carbocycles. The number of ether oxygens (including phenoxy) is 1. The van der Waals surface area contributed by atoms with Gasteiger partial charge in [-0.05, 0) is 77.5 Å². The molecule has 3 aromatic rings. The van der Waals surface area contributed by atoms with E-state index in [0.717, 1.165) is 52.7 Å². The van der Waals surface area contributed by atoms with Crippen molar-refractivity contribution in [1.82, 2.24) is 14.9 Å². The highest BCUT2D eigenvalue weighted by molar-refractivity contribution is 6.14. The number of hydrogen-bond acceptors (Lipinski definition) is 3. The van der Waals surface area contributed by atoms with Crippen LogP contribution in [0.1, 0.15) is 42.1 Å². The topological polar surface area (TPSA) is 56.4 Å². The molecule has 0 atom stereocenters. The summed E-state index contributed by atoms with van der Waals surface area (Å²) in [7, 11) is 4.22. The van der Waals surface area contributed by atoms with E-state index in [1.165, 1.54) is 16.5 Å². The molecule has 0 saturated heterocycles. The van der Waals surface area contributed by atoms with Crippen molar-refractivity contribution in [3.63, 3.8) is 0 Å². The number of benzene rings is 1. The number of aromatic amines is 2. The predicted molar refractivity (Wildman–Crippen MR) is 130 cm³/mol. The number of H-pyrrole nitrogens is 2. The second-order valence-electron chi connectivity index (χ2n) is 8.83. The van der Waals surface area contributed by atoms with Crippen molar-refractivity contribution in [2.24, 2.45) is 4.99 Å². The number of hydrogen-bond donors (Lipinski definition) is 2. The average molecular weight is 417 g/mol. The highest BCUT2D eigenvalue weighted by atomic mass is 16.5. The van der Waals surface area contributed by atoms with E-state index in [1.807, 2.05) is 13.8 Å². The molecule has 0 radical (unpaired) electrons. The molecular weight excluding hydrogens is 384 g/mol. The van der Waals surface area contributed by atoms with Gasteiger partial charge < -0.3 is 19.6 Å². The molecule has 0 amide bonds. The van der Waals surface area contributed by atoms with Crippen LogP contribution in [0.15, 0.2) is 52.9 Å². The van der Waals surface area contributed by atoms with E-state index in [1.54, 1.807) is 0 Å². The first-order valence-corrected chi connectivity index (χ1v) is 10.9. The van der Waals surface area contributed by atoms with Gasteiger partial charge in [0.1, 0.15) is 11.5 Å². The smallest absolute Gasteiger partial charge is 0.147 e. The van der Waals surface area contributed by atoms with Gasteiger partial charge in [-0.2, -0.15) is 0 Å². The summed E-state index contributed by atoms with van der Waals surface area (Å²) in [6.07, 6.45) is 5.19. The first kappa shape index (κ1) is 21.2. The van der Waals surface area contributed by atoms with Crippen LogP contribution in [0.4, 0.5) is 0 Å². The summed E-state index contributed by atoms with van der Waals surface area (Å²) in [4.78, 5) is 14.3. The zero-order chi connectivity index (χ0) is 22.1.